The normalized spacial score (nSPS) is 10.2. The molecule has 1 aromatic heterocycles. The molecule has 0 saturated heterocycles. The Hall–Kier alpha value is -2.74. The minimum absolute atomic E-state index is 0.238. The second kappa shape index (κ2) is 7.50. The van der Waals surface area contributed by atoms with Crippen LogP contribution in [0.1, 0.15) is 33.9 Å². The highest BCUT2D eigenvalue weighted by Crippen LogP contribution is 2.20. The van der Waals surface area contributed by atoms with E-state index in [9.17, 15) is 4.79 Å². The summed E-state index contributed by atoms with van der Waals surface area (Å²) in [5, 5.41) is 8.56. The quantitative estimate of drug-likeness (QED) is 0.819. The van der Waals surface area contributed by atoms with Crippen LogP contribution < -0.4 is 4.74 Å². The molecule has 0 N–H and O–H groups in total. The van der Waals surface area contributed by atoms with Gasteiger partial charge < -0.3 is 14.1 Å². The average molecular weight is 312 g/mol. The molecule has 0 saturated carbocycles. The summed E-state index contributed by atoms with van der Waals surface area (Å²) in [4.78, 5) is 13.6. The Labute approximate surface area is 136 Å². The Morgan fingerprint density at radius 1 is 1.30 bits per heavy atom. The van der Waals surface area contributed by atoms with Crippen molar-refractivity contribution in [2.45, 2.75) is 26.9 Å². The molecule has 0 bridgehead atoms. The summed E-state index contributed by atoms with van der Waals surface area (Å²) in [6.07, 6.45) is 0.297. The van der Waals surface area contributed by atoms with Crippen molar-refractivity contribution in [2.75, 3.05) is 13.6 Å². The van der Waals surface area contributed by atoms with E-state index in [-0.39, 0.29) is 18.3 Å². The van der Waals surface area contributed by atoms with Crippen molar-refractivity contribution < 1.29 is 13.9 Å². The Morgan fingerprint density at radius 3 is 2.78 bits per heavy atom. The van der Waals surface area contributed by atoms with E-state index in [1.807, 2.05) is 32.0 Å². The van der Waals surface area contributed by atoms with E-state index in [1.165, 1.54) is 10.5 Å². The van der Waals surface area contributed by atoms with Gasteiger partial charge in [0.2, 0.25) is 0 Å². The van der Waals surface area contributed by atoms with Crippen LogP contribution in [0.4, 0.5) is 0 Å². The maximum atomic E-state index is 12.1. The van der Waals surface area contributed by atoms with Gasteiger partial charge >= 0.3 is 0 Å². The van der Waals surface area contributed by atoms with Crippen molar-refractivity contribution in [1.29, 1.82) is 5.26 Å². The number of ether oxygens (including phenoxy) is 1. The lowest BCUT2D eigenvalue weighted by molar-refractivity contribution is 0.0762. The molecule has 0 aliphatic carbocycles. The van der Waals surface area contributed by atoms with Gasteiger partial charge in [0.1, 0.15) is 18.1 Å². The second-order valence-corrected chi connectivity index (χ2v) is 5.46. The standard InChI is InChI=1S/C18H20N2O3/c1-13-5-7-16(14(2)11-13)22-12-15-6-8-17(23-15)18(21)20(3)10-4-9-19/h5-8,11H,4,10,12H2,1-3H3. The molecule has 0 radical (unpaired) electrons. The predicted molar refractivity (Wildman–Crippen MR) is 86.1 cm³/mol. The minimum atomic E-state index is -0.238. The van der Waals surface area contributed by atoms with Gasteiger partial charge in [-0.2, -0.15) is 5.26 Å². The number of hydrogen-bond acceptors (Lipinski definition) is 4. The maximum Gasteiger partial charge on any atom is 0.289 e. The van der Waals surface area contributed by atoms with Crippen LogP contribution in [0.5, 0.6) is 5.75 Å². The number of furan rings is 1. The van der Waals surface area contributed by atoms with Crippen LogP contribution >= 0.6 is 0 Å². The van der Waals surface area contributed by atoms with Crippen LogP contribution in [0.25, 0.3) is 0 Å². The molecule has 1 amide bonds. The van der Waals surface area contributed by atoms with Crippen molar-refractivity contribution in [3.8, 4) is 11.8 Å². The van der Waals surface area contributed by atoms with Gasteiger partial charge in [-0.3, -0.25) is 4.79 Å². The first-order valence-electron chi connectivity index (χ1n) is 7.42. The molecule has 0 unspecified atom stereocenters. The zero-order valence-electron chi connectivity index (χ0n) is 13.6. The molecule has 1 heterocycles. The number of carbonyl (C=O) groups is 1. The predicted octanol–water partition coefficient (Wildman–Crippen LogP) is 3.46. The molecule has 0 fully saturated rings. The fourth-order valence-corrected chi connectivity index (χ4v) is 2.19. The third-order valence-electron chi connectivity index (χ3n) is 3.48. The number of hydrogen-bond donors (Lipinski definition) is 0. The number of nitrogens with zero attached hydrogens (tertiary/aromatic N) is 2. The van der Waals surface area contributed by atoms with Gasteiger partial charge in [0.05, 0.1) is 12.5 Å². The number of benzene rings is 1. The fraction of sp³-hybridized carbons (Fsp3) is 0.333. The van der Waals surface area contributed by atoms with Crippen molar-refractivity contribution in [3.05, 3.63) is 53.0 Å². The van der Waals surface area contributed by atoms with Crippen LogP contribution in [0.2, 0.25) is 0 Å². The summed E-state index contributed by atoms with van der Waals surface area (Å²) < 4.78 is 11.3. The molecular weight excluding hydrogens is 292 g/mol. The first-order chi connectivity index (χ1) is 11.0. The van der Waals surface area contributed by atoms with Crippen LogP contribution in [0, 0.1) is 25.2 Å². The average Bonchev–Trinajstić information content (AvgIpc) is 3.00. The lowest BCUT2D eigenvalue weighted by Gasteiger charge is -2.13. The van der Waals surface area contributed by atoms with Crippen LogP contribution in [-0.2, 0) is 6.61 Å². The fourth-order valence-electron chi connectivity index (χ4n) is 2.19. The van der Waals surface area contributed by atoms with E-state index in [4.69, 9.17) is 14.4 Å². The van der Waals surface area contributed by atoms with E-state index < -0.39 is 0 Å². The highest BCUT2D eigenvalue weighted by Gasteiger charge is 2.16. The molecule has 23 heavy (non-hydrogen) atoms. The van der Waals surface area contributed by atoms with Gasteiger partial charge in [-0.05, 0) is 37.6 Å². The highest BCUT2D eigenvalue weighted by molar-refractivity contribution is 5.91. The van der Waals surface area contributed by atoms with E-state index in [0.717, 1.165) is 11.3 Å². The van der Waals surface area contributed by atoms with E-state index in [0.29, 0.717) is 18.7 Å². The Balaban J connectivity index is 1.97. The topological polar surface area (TPSA) is 66.5 Å². The number of carbonyl (C=O) groups excluding carboxylic acids is 1. The number of aryl methyl sites for hydroxylation is 2. The summed E-state index contributed by atoms with van der Waals surface area (Å²) in [5.41, 5.74) is 2.24. The number of amides is 1. The summed E-state index contributed by atoms with van der Waals surface area (Å²) in [7, 11) is 1.65. The third-order valence-corrected chi connectivity index (χ3v) is 3.48. The molecule has 0 spiro atoms. The lowest BCUT2D eigenvalue weighted by Crippen LogP contribution is -2.27. The molecule has 2 rings (SSSR count). The summed E-state index contributed by atoms with van der Waals surface area (Å²) in [6, 6.07) is 11.3. The molecule has 0 atom stereocenters. The highest BCUT2D eigenvalue weighted by atomic mass is 16.5. The SMILES string of the molecule is Cc1ccc(OCc2ccc(C(=O)N(C)CCC#N)o2)c(C)c1. The van der Waals surface area contributed by atoms with Gasteiger partial charge in [0.25, 0.3) is 5.91 Å². The Morgan fingerprint density at radius 2 is 2.09 bits per heavy atom. The lowest BCUT2D eigenvalue weighted by atomic mass is 10.1. The van der Waals surface area contributed by atoms with Crippen LogP contribution in [-0.4, -0.2) is 24.4 Å². The van der Waals surface area contributed by atoms with Crippen molar-refractivity contribution >= 4 is 5.91 Å². The molecule has 1 aromatic carbocycles. The van der Waals surface area contributed by atoms with E-state index >= 15 is 0 Å². The van der Waals surface area contributed by atoms with Gasteiger partial charge in [0.15, 0.2) is 5.76 Å². The first-order valence-corrected chi connectivity index (χ1v) is 7.42. The maximum absolute atomic E-state index is 12.1. The van der Waals surface area contributed by atoms with Crippen LogP contribution in [0.3, 0.4) is 0 Å². The van der Waals surface area contributed by atoms with E-state index in [1.54, 1.807) is 19.2 Å². The molecule has 5 nitrogen and oxygen atoms in total. The molecular formula is C18H20N2O3. The summed E-state index contributed by atoms with van der Waals surface area (Å²) in [6.45, 7) is 4.66. The number of nitriles is 1. The summed E-state index contributed by atoms with van der Waals surface area (Å²) in [5.74, 6) is 1.40. The van der Waals surface area contributed by atoms with Crippen molar-refractivity contribution in [2.24, 2.45) is 0 Å². The van der Waals surface area contributed by atoms with Gasteiger partial charge in [-0.1, -0.05) is 17.7 Å². The molecule has 0 aliphatic heterocycles. The third kappa shape index (κ3) is 4.36. The molecule has 0 aliphatic rings. The molecule has 120 valence electrons. The van der Waals surface area contributed by atoms with Gasteiger partial charge in [-0.15, -0.1) is 0 Å². The van der Waals surface area contributed by atoms with Crippen LogP contribution in [0.15, 0.2) is 34.7 Å². The smallest absolute Gasteiger partial charge is 0.289 e. The Bertz CT molecular complexity index is 728. The monoisotopic (exact) mass is 312 g/mol. The number of rotatable bonds is 6. The summed E-state index contributed by atoms with van der Waals surface area (Å²) >= 11 is 0. The zero-order chi connectivity index (χ0) is 16.8. The largest absolute Gasteiger partial charge is 0.485 e. The first kappa shape index (κ1) is 16.6. The van der Waals surface area contributed by atoms with E-state index in [2.05, 4.69) is 6.07 Å². The molecule has 2 aromatic rings. The van der Waals surface area contributed by atoms with Crippen molar-refractivity contribution in [3.63, 3.8) is 0 Å². The minimum Gasteiger partial charge on any atom is -0.485 e. The zero-order valence-corrected chi connectivity index (χ0v) is 13.6. The van der Waals surface area contributed by atoms with Crippen molar-refractivity contribution in [1.82, 2.24) is 4.90 Å². The van der Waals surface area contributed by atoms with Gasteiger partial charge in [-0.25, -0.2) is 0 Å². The molecule has 5 heteroatoms. The second-order valence-electron chi connectivity index (χ2n) is 5.46. The Kier molecular flexibility index (Phi) is 5.42. The van der Waals surface area contributed by atoms with Gasteiger partial charge in [0, 0.05) is 13.6 Å².